The zero-order valence-electron chi connectivity index (χ0n) is 20.2. The molecule has 0 amide bonds. The molecular formula is C28H34N4O2. The monoisotopic (exact) mass is 458 g/mol. The molecule has 0 aromatic heterocycles. The highest BCUT2D eigenvalue weighted by Gasteiger charge is 2.23. The Morgan fingerprint density at radius 2 is 1.03 bits per heavy atom. The van der Waals surface area contributed by atoms with E-state index in [4.69, 9.17) is 0 Å². The van der Waals surface area contributed by atoms with Crippen molar-refractivity contribution in [2.24, 2.45) is 0 Å². The molecular weight excluding hydrogens is 424 g/mol. The first-order valence-electron chi connectivity index (χ1n) is 12.0. The molecule has 178 valence electrons. The summed E-state index contributed by atoms with van der Waals surface area (Å²) in [5.74, 6) is 0.215. The summed E-state index contributed by atoms with van der Waals surface area (Å²) < 4.78 is 0. The zero-order chi connectivity index (χ0) is 23.9. The highest BCUT2D eigenvalue weighted by atomic mass is 16.1. The number of ketones is 2. The summed E-state index contributed by atoms with van der Waals surface area (Å²) >= 11 is 0. The number of Topliss-reactive ketones (excluding diaryl/α,β-unsaturated/α-hetero) is 2. The van der Waals surface area contributed by atoms with Crippen molar-refractivity contribution in [2.75, 3.05) is 53.6 Å². The van der Waals surface area contributed by atoms with Gasteiger partial charge >= 0.3 is 0 Å². The van der Waals surface area contributed by atoms with Crippen LogP contribution < -0.4 is 0 Å². The van der Waals surface area contributed by atoms with Gasteiger partial charge in [0.25, 0.3) is 0 Å². The van der Waals surface area contributed by atoms with Gasteiger partial charge in [0.15, 0.2) is 11.6 Å². The first-order valence-corrected chi connectivity index (χ1v) is 12.0. The lowest BCUT2D eigenvalue weighted by Crippen LogP contribution is -2.42. The van der Waals surface area contributed by atoms with E-state index >= 15 is 0 Å². The van der Waals surface area contributed by atoms with Crippen LogP contribution in [0.25, 0.3) is 0 Å². The average molecular weight is 459 g/mol. The predicted octanol–water partition coefficient (Wildman–Crippen LogP) is 3.71. The van der Waals surface area contributed by atoms with Crippen LogP contribution in [-0.2, 0) is 0 Å². The van der Waals surface area contributed by atoms with E-state index in [0.717, 1.165) is 61.5 Å². The third kappa shape index (κ3) is 6.22. The molecule has 0 N–H and O–H groups in total. The number of hydrogen-bond donors (Lipinski definition) is 0. The van der Waals surface area contributed by atoms with Crippen LogP contribution in [0.5, 0.6) is 0 Å². The van der Waals surface area contributed by atoms with Crippen molar-refractivity contribution in [3.8, 4) is 0 Å². The van der Waals surface area contributed by atoms with Crippen LogP contribution in [0.15, 0.2) is 84.2 Å². The molecule has 4 rings (SSSR count). The third-order valence-electron chi connectivity index (χ3n) is 6.24. The minimum atomic E-state index is 0.107. The highest BCUT2D eigenvalue weighted by molar-refractivity contribution is 6.09. The Morgan fingerprint density at radius 1 is 0.647 bits per heavy atom. The summed E-state index contributed by atoms with van der Waals surface area (Å²) in [6.07, 6.45) is 6.05. The SMILES string of the molecule is CN1C=C(C(=O)c2ccccc2)CN(CCCCN2CC(C(=O)c3ccccc3)=CN(C)C2)C1. The van der Waals surface area contributed by atoms with Gasteiger partial charge in [0.2, 0.25) is 0 Å². The first kappa shape index (κ1) is 23.9. The smallest absolute Gasteiger partial charge is 0.191 e. The number of benzene rings is 2. The number of unbranched alkanes of at least 4 members (excludes halogenated alkanes) is 1. The summed E-state index contributed by atoms with van der Waals surface area (Å²) in [6.45, 7) is 4.91. The Kier molecular flexibility index (Phi) is 7.93. The normalized spacial score (nSPS) is 17.4. The number of carbonyl (C=O) groups excluding carboxylic acids is 2. The van der Waals surface area contributed by atoms with E-state index in [1.165, 1.54) is 0 Å². The van der Waals surface area contributed by atoms with Gasteiger partial charge in [-0.15, -0.1) is 0 Å². The Bertz CT molecular complexity index is 963. The maximum Gasteiger partial charge on any atom is 0.191 e. The Balaban J connectivity index is 1.25. The number of nitrogens with zero attached hydrogens (tertiary/aromatic N) is 4. The van der Waals surface area contributed by atoms with Gasteiger partial charge in [-0.2, -0.15) is 0 Å². The van der Waals surface area contributed by atoms with Crippen molar-refractivity contribution < 1.29 is 9.59 Å². The van der Waals surface area contributed by atoms with Crippen LogP contribution >= 0.6 is 0 Å². The van der Waals surface area contributed by atoms with Crippen molar-refractivity contribution in [1.29, 1.82) is 0 Å². The number of hydrogen-bond acceptors (Lipinski definition) is 6. The van der Waals surface area contributed by atoms with Crippen LogP contribution in [0.4, 0.5) is 0 Å². The molecule has 0 saturated heterocycles. The van der Waals surface area contributed by atoms with Crippen LogP contribution in [0.3, 0.4) is 0 Å². The van der Waals surface area contributed by atoms with E-state index in [9.17, 15) is 9.59 Å². The van der Waals surface area contributed by atoms with Gasteiger partial charge in [0.05, 0.1) is 13.3 Å². The van der Waals surface area contributed by atoms with Gasteiger partial charge in [-0.05, 0) is 12.8 Å². The molecule has 6 nitrogen and oxygen atoms in total. The topological polar surface area (TPSA) is 47.1 Å². The largest absolute Gasteiger partial charge is 0.367 e. The van der Waals surface area contributed by atoms with Crippen molar-refractivity contribution in [2.45, 2.75) is 12.8 Å². The van der Waals surface area contributed by atoms with Gasteiger partial charge in [-0.1, -0.05) is 60.7 Å². The second kappa shape index (κ2) is 11.3. The molecule has 0 spiro atoms. The molecule has 2 aromatic rings. The molecule has 0 fully saturated rings. The van der Waals surface area contributed by atoms with Gasteiger partial charge in [0, 0.05) is 74.9 Å². The molecule has 0 unspecified atom stereocenters. The molecule has 0 saturated carbocycles. The summed E-state index contributed by atoms with van der Waals surface area (Å²) in [5, 5.41) is 0. The second-order valence-corrected chi connectivity index (χ2v) is 9.31. The van der Waals surface area contributed by atoms with E-state index in [0.29, 0.717) is 13.1 Å². The van der Waals surface area contributed by atoms with Crippen molar-refractivity contribution in [1.82, 2.24) is 19.6 Å². The molecule has 0 aliphatic carbocycles. The van der Waals surface area contributed by atoms with Gasteiger partial charge < -0.3 is 9.80 Å². The van der Waals surface area contributed by atoms with E-state index in [-0.39, 0.29) is 11.6 Å². The molecule has 34 heavy (non-hydrogen) atoms. The van der Waals surface area contributed by atoms with Crippen LogP contribution in [0.1, 0.15) is 33.6 Å². The maximum absolute atomic E-state index is 12.9. The van der Waals surface area contributed by atoms with E-state index in [1.54, 1.807) is 0 Å². The molecule has 0 radical (unpaired) electrons. The van der Waals surface area contributed by atoms with E-state index in [1.807, 2.05) is 87.2 Å². The zero-order valence-corrected chi connectivity index (χ0v) is 20.2. The first-order chi connectivity index (χ1) is 16.5. The predicted molar refractivity (Wildman–Crippen MR) is 135 cm³/mol. The van der Waals surface area contributed by atoms with Crippen LogP contribution in [-0.4, -0.2) is 84.8 Å². The van der Waals surface area contributed by atoms with E-state index in [2.05, 4.69) is 19.6 Å². The van der Waals surface area contributed by atoms with Gasteiger partial charge in [0.1, 0.15) is 0 Å². The molecule has 0 atom stereocenters. The molecule has 2 aliphatic rings. The number of carbonyl (C=O) groups is 2. The summed E-state index contributed by atoms with van der Waals surface area (Å²) in [6, 6.07) is 19.0. The van der Waals surface area contributed by atoms with Crippen LogP contribution in [0.2, 0.25) is 0 Å². The summed E-state index contributed by atoms with van der Waals surface area (Å²) in [7, 11) is 4.04. The third-order valence-corrected chi connectivity index (χ3v) is 6.24. The van der Waals surface area contributed by atoms with Gasteiger partial charge in [-0.25, -0.2) is 0 Å². The molecule has 6 heteroatoms. The van der Waals surface area contributed by atoms with Crippen LogP contribution in [0, 0.1) is 0 Å². The molecule has 2 aromatic carbocycles. The van der Waals surface area contributed by atoms with Gasteiger partial charge in [-0.3, -0.25) is 19.4 Å². The highest BCUT2D eigenvalue weighted by Crippen LogP contribution is 2.18. The number of rotatable bonds is 9. The lowest BCUT2D eigenvalue weighted by molar-refractivity contribution is 0.0978. The fourth-order valence-electron chi connectivity index (χ4n) is 4.69. The molecule has 2 heterocycles. The maximum atomic E-state index is 12.9. The average Bonchev–Trinajstić information content (AvgIpc) is 2.86. The fourth-order valence-corrected chi connectivity index (χ4v) is 4.69. The minimum absolute atomic E-state index is 0.107. The lowest BCUT2D eigenvalue weighted by Gasteiger charge is -2.34. The van der Waals surface area contributed by atoms with Crippen molar-refractivity contribution in [3.63, 3.8) is 0 Å². The lowest BCUT2D eigenvalue weighted by atomic mass is 10.0. The minimum Gasteiger partial charge on any atom is -0.367 e. The summed E-state index contributed by atoms with van der Waals surface area (Å²) in [4.78, 5) is 34.6. The van der Waals surface area contributed by atoms with Crippen molar-refractivity contribution in [3.05, 3.63) is 95.3 Å². The Labute approximate surface area is 202 Å². The molecule has 2 aliphatic heterocycles. The second-order valence-electron chi connectivity index (χ2n) is 9.31. The van der Waals surface area contributed by atoms with E-state index < -0.39 is 0 Å². The quantitative estimate of drug-likeness (QED) is 0.422. The Hall–Kier alpha value is -3.22. The standard InChI is InChI=1S/C28H34N4O2/c1-29-17-25(27(33)23-11-5-3-6-12-23)19-31(21-29)15-9-10-16-32-20-26(18-30(2)22-32)28(34)24-13-7-4-8-14-24/h3-8,11-14,17-18H,9-10,15-16,19-22H2,1-2H3. The summed E-state index contributed by atoms with van der Waals surface area (Å²) in [5.41, 5.74) is 3.16. The molecule has 0 bridgehead atoms. The fraction of sp³-hybridized carbons (Fsp3) is 0.357. The van der Waals surface area contributed by atoms with Crippen molar-refractivity contribution >= 4 is 11.6 Å². The Morgan fingerprint density at radius 3 is 1.41 bits per heavy atom.